The lowest BCUT2D eigenvalue weighted by Crippen LogP contribution is -2.29. The van der Waals surface area contributed by atoms with Gasteiger partial charge in [0.15, 0.2) is 0 Å². The highest BCUT2D eigenvalue weighted by Gasteiger charge is 2.10. The molecule has 2 atom stereocenters. The van der Waals surface area contributed by atoms with Gasteiger partial charge in [0.1, 0.15) is 0 Å². The molecule has 0 saturated carbocycles. The first kappa shape index (κ1) is 15.1. The molecule has 1 aromatic rings. The van der Waals surface area contributed by atoms with E-state index in [4.69, 9.17) is 0 Å². The van der Waals surface area contributed by atoms with Gasteiger partial charge in [0.2, 0.25) is 0 Å². The molecule has 0 radical (unpaired) electrons. The average Bonchev–Trinajstić information content (AvgIpc) is 2.36. The van der Waals surface area contributed by atoms with Crippen molar-refractivity contribution in [3.05, 3.63) is 28.7 Å². The molecule has 0 aromatic heterocycles. The van der Waals surface area contributed by atoms with E-state index >= 15 is 0 Å². The minimum Gasteiger partial charge on any atom is -0.316 e. The summed E-state index contributed by atoms with van der Waals surface area (Å²) in [6.45, 7) is 4.59. The molecule has 1 nitrogen and oxygen atoms in total. The van der Waals surface area contributed by atoms with Gasteiger partial charge in [-0.05, 0) is 43.7 Å². The van der Waals surface area contributed by atoms with Crippen molar-refractivity contribution in [3.63, 3.8) is 0 Å². The number of hydrogen-bond donors (Lipinski definition) is 1. The highest BCUT2D eigenvalue weighted by molar-refractivity contribution is 9.10. The molecule has 1 rings (SSSR count). The lowest BCUT2D eigenvalue weighted by atomic mass is 10.0. The van der Waals surface area contributed by atoms with Crippen LogP contribution in [0.4, 0.5) is 0 Å². The van der Waals surface area contributed by atoms with Gasteiger partial charge in [-0.15, -0.1) is 11.8 Å². The lowest BCUT2D eigenvalue weighted by molar-refractivity contribution is 0.436. The largest absolute Gasteiger partial charge is 0.316 e. The number of benzene rings is 1. The highest BCUT2D eigenvalue weighted by Crippen LogP contribution is 2.23. The quantitative estimate of drug-likeness (QED) is 0.740. The summed E-state index contributed by atoms with van der Waals surface area (Å²) in [7, 11) is 2.06. The first-order chi connectivity index (χ1) is 8.15. The summed E-state index contributed by atoms with van der Waals surface area (Å²) in [5.41, 5.74) is 0. The Morgan fingerprint density at radius 3 is 2.47 bits per heavy atom. The predicted octanol–water partition coefficient (Wildman–Crippen LogP) is 4.57. The second-order valence-corrected chi connectivity index (χ2v) is 6.51. The van der Waals surface area contributed by atoms with E-state index in [1.165, 1.54) is 17.7 Å². The Balaban J connectivity index is 2.39. The summed E-state index contributed by atoms with van der Waals surface area (Å²) < 4.78 is 1.15. The van der Waals surface area contributed by atoms with Gasteiger partial charge >= 0.3 is 0 Å². The van der Waals surface area contributed by atoms with Crippen LogP contribution in [0.1, 0.15) is 26.7 Å². The lowest BCUT2D eigenvalue weighted by Gasteiger charge is -2.19. The smallest absolute Gasteiger partial charge is 0.0176 e. The van der Waals surface area contributed by atoms with Gasteiger partial charge in [-0.2, -0.15) is 0 Å². The van der Waals surface area contributed by atoms with E-state index in [0.717, 1.165) is 16.1 Å². The Kier molecular flexibility index (Phi) is 7.24. The summed E-state index contributed by atoms with van der Waals surface area (Å²) in [5.74, 6) is 1.95. The topological polar surface area (TPSA) is 12.0 Å². The number of nitrogens with one attached hydrogen (secondary N) is 1. The van der Waals surface area contributed by atoms with E-state index in [-0.39, 0.29) is 0 Å². The fraction of sp³-hybridized carbons (Fsp3) is 0.571. The summed E-state index contributed by atoms with van der Waals surface area (Å²) >= 11 is 5.39. The van der Waals surface area contributed by atoms with E-state index in [0.29, 0.717) is 6.04 Å². The fourth-order valence-electron chi connectivity index (χ4n) is 1.65. The SMILES string of the molecule is CCC(C)CC(CSc1ccc(Br)cc1)NC. The molecule has 0 aliphatic rings. The van der Waals surface area contributed by atoms with Gasteiger partial charge in [0.05, 0.1) is 0 Å². The molecule has 0 saturated heterocycles. The maximum absolute atomic E-state index is 3.46. The Morgan fingerprint density at radius 2 is 1.94 bits per heavy atom. The van der Waals surface area contributed by atoms with Crippen LogP contribution >= 0.6 is 27.7 Å². The molecule has 0 aliphatic heterocycles. The van der Waals surface area contributed by atoms with Gasteiger partial charge in [-0.1, -0.05) is 36.2 Å². The Morgan fingerprint density at radius 1 is 1.29 bits per heavy atom. The second kappa shape index (κ2) is 8.17. The molecule has 0 aliphatic carbocycles. The number of rotatable bonds is 7. The standard InChI is InChI=1S/C14H22BrNS/c1-4-11(2)9-13(16-3)10-17-14-7-5-12(15)6-8-14/h5-8,11,13,16H,4,9-10H2,1-3H3. The van der Waals surface area contributed by atoms with Crippen LogP contribution in [0.25, 0.3) is 0 Å². The molecule has 1 N–H and O–H groups in total. The zero-order valence-corrected chi connectivity index (χ0v) is 13.3. The van der Waals surface area contributed by atoms with Crippen LogP contribution in [-0.4, -0.2) is 18.8 Å². The molecule has 1 aromatic carbocycles. The van der Waals surface area contributed by atoms with Crippen LogP contribution in [0.5, 0.6) is 0 Å². The number of halogens is 1. The first-order valence-corrected chi connectivity index (χ1v) is 7.99. The fourth-order valence-corrected chi connectivity index (χ4v) is 2.94. The molecule has 0 bridgehead atoms. The van der Waals surface area contributed by atoms with E-state index in [1.54, 1.807) is 0 Å². The third-order valence-corrected chi connectivity index (χ3v) is 4.76. The molecular formula is C14H22BrNS. The molecule has 96 valence electrons. The van der Waals surface area contributed by atoms with Crippen molar-refractivity contribution in [3.8, 4) is 0 Å². The summed E-state index contributed by atoms with van der Waals surface area (Å²) in [4.78, 5) is 1.35. The van der Waals surface area contributed by atoms with Crippen LogP contribution in [0, 0.1) is 5.92 Å². The van der Waals surface area contributed by atoms with Crippen LogP contribution in [0.15, 0.2) is 33.6 Å². The Labute approximate surface area is 118 Å². The highest BCUT2D eigenvalue weighted by atomic mass is 79.9. The molecular weight excluding hydrogens is 294 g/mol. The Bertz CT molecular complexity index is 313. The van der Waals surface area contributed by atoms with Gasteiger partial charge in [-0.25, -0.2) is 0 Å². The van der Waals surface area contributed by atoms with Crippen molar-refractivity contribution in [2.24, 2.45) is 5.92 Å². The minimum absolute atomic E-state index is 0.610. The zero-order valence-electron chi connectivity index (χ0n) is 10.9. The molecule has 0 spiro atoms. The van der Waals surface area contributed by atoms with E-state index in [9.17, 15) is 0 Å². The van der Waals surface area contributed by atoms with Gasteiger partial charge < -0.3 is 5.32 Å². The molecule has 0 amide bonds. The second-order valence-electron chi connectivity index (χ2n) is 4.50. The average molecular weight is 316 g/mol. The molecule has 2 unspecified atom stereocenters. The monoisotopic (exact) mass is 315 g/mol. The predicted molar refractivity (Wildman–Crippen MR) is 81.8 cm³/mol. The number of hydrogen-bond acceptors (Lipinski definition) is 2. The van der Waals surface area contributed by atoms with Crippen molar-refractivity contribution >= 4 is 27.7 Å². The summed E-state index contributed by atoms with van der Waals surface area (Å²) in [6, 6.07) is 9.16. The zero-order chi connectivity index (χ0) is 12.7. The van der Waals surface area contributed by atoms with Crippen LogP contribution in [0.2, 0.25) is 0 Å². The molecule has 0 fully saturated rings. The molecule has 0 heterocycles. The van der Waals surface area contributed by atoms with Crippen molar-refractivity contribution in [1.82, 2.24) is 5.32 Å². The maximum Gasteiger partial charge on any atom is 0.0176 e. The van der Waals surface area contributed by atoms with E-state index in [2.05, 4.69) is 66.4 Å². The van der Waals surface area contributed by atoms with Crippen molar-refractivity contribution in [1.29, 1.82) is 0 Å². The third-order valence-electron chi connectivity index (χ3n) is 3.06. The van der Waals surface area contributed by atoms with Crippen molar-refractivity contribution < 1.29 is 0 Å². The van der Waals surface area contributed by atoms with Gasteiger partial charge in [0, 0.05) is 21.2 Å². The minimum atomic E-state index is 0.610. The maximum atomic E-state index is 3.46. The third kappa shape index (κ3) is 5.94. The van der Waals surface area contributed by atoms with Gasteiger partial charge in [0.25, 0.3) is 0 Å². The van der Waals surface area contributed by atoms with Crippen LogP contribution in [0.3, 0.4) is 0 Å². The first-order valence-electron chi connectivity index (χ1n) is 6.21. The van der Waals surface area contributed by atoms with Crippen LogP contribution < -0.4 is 5.32 Å². The van der Waals surface area contributed by atoms with E-state index < -0.39 is 0 Å². The summed E-state index contributed by atoms with van der Waals surface area (Å²) in [6.07, 6.45) is 2.53. The van der Waals surface area contributed by atoms with Crippen LogP contribution in [-0.2, 0) is 0 Å². The molecule has 17 heavy (non-hydrogen) atoms. The normalized spacial score (nSPS) is 14.6. The van der Waals surface area contributed by atoms with Gasteiger partial charge in [-0.3, -0.25) is 0 Å². The van der Waals surface area contributed by atoms with Crippen molar-refractivity contribution in [2.45, 2.75) is 37.6 Å². The summed E-state index contributed by atoms with van der Waals surface area (Å²) in [5, 5.41) is 3.42. The Hall–Kier alpha value is 0.01000. The number of thioether (sulfide) groups is 1. The van der Waals surface area contributed by atoms with E-state index in [1.807, 2.05) is 11.8 Å². The van der Waals surface area contributed by atoms with Crippen molar-refractivity contribution in [2.75, 3.05) is 12.8 Å². The molecule has 3 heteroatoms.